The molecule has 0 aliphatic heterocycles. The van der Waals surface area contributed by atoms with Gasteiger partial charge < -0.3 is 11.1 Å². The number of rotatable bonds is 6. The van der Waals surface area contributed by atoms with E-state index in [2.05, 4.69) is 15.3 Å². The molecule has 100 valence electrons. The van der Waals surface area contributed by atoms with Crippen LogP contribution in [-0.2, 0) is 6.42 Å². The summed E-state index contributed by atoms with van der Waals surface area (Å²) in [6.45, 7) is 1.42. The first-order chi connectivity index (χ1) is 9.28. The van der Waals surface area contributed by atoms with Gasteiger partial charge >= 0.3 is 0 Å². The standard InChI is InChI=1S/C14H17FN4/c15-13-4-2-11(3-5-13)8-12-9-18-14(19-10-12)17-7-1-6-16/h2-5,9-10H,1,6-8,16H2,(H,17,18,19). The monoisotopic (exact) mass is 260 g/mol. The second kappa shape index (κ2) is 6.80. The SMILES string of the molecule is NCCCNc1ncc(Cc2ccc(F)cc2)cn1. The molecular formula is C14H17FN4. The molecule has 2 rings (SSSR count). The van der Waals surface area contributed by atoms with Gasteiger partial charge in [-0.1, -0.05) is 12.1 Å². The van der Waals surface area contributed by atoms with Gasteiger partial charge in [-0.25, -0.2) is 14.4 Å². The van der Waals surface area contributed by atoms with Crippen molar-refractivity contribution < 1.29 is 4.39 Å². The Morgan fingerprint density at radius 3 is 2.37 bits per heavy atom. The average molecular weight is 260 g/mol. The van der Waals surface area contributed by atoms with Crippen molar-refractivity contribution in [3.05, 3.63) is 53.6 Å². The van der Waals surface area contributed by atoms with Crippen LogP contribution in [0.25, 0.3) is 0 Å². The summed E-state index contributed by atoms with van der Waals surface area (Å²) in [5, 5.41) is 3.09. The average Bonchev–Trinajstić information content (AvgIpc) is 2.44. The molecule has 0 amide bonds. The van der Waals surface area contributed by atoms with Crippen molar-refractivity contribution in [3.8, 4) is 0 Å². The summed E-state index contributed by atoms with van der Waals surface area (Å²) in [6, 6.07) is 6.45. The fraction of sp³-hybridized carbons (Fsp3) is 0.286. The highest BCUT2D eigenvalue weighted by atomic mass is 19.1. The molecule has 0 atom stereocenters. The third kappa shape index (κ3) is 4.30. The van der Waals surface area contributed by atoms with Gasteiger partial charge in [-0.15, -0.1) is 0 Å². The smallest absolute Gasteiger partial charge is 0.222 e. The Morgan fingerprint density at radius 2 is 1.74 bits per heavy atom. The topological polar surface area (TPSA) is 63.8 Å². The molecule has 1 heterocycles. The number of hydrogen-bond donors (Lipinski definition) is 2. The molecule has 0 saturated carbocycles. The fourth-order valence-electron chi connectivity index (χ4n) is 1.68. The summed E-state index contributed by atoms with van der Waals surface area (Å²) in [4.78, 5) is 8.45. The fourth-order valence-corrected chi connectivity index (χ4v) is 1.68. The lowest BCUT2D eigenvalue weighted by atomic mass is 10.1. The van der Waals surface area contributed by atoms with Crippen LogP contribution in [0.5, 0.6) is 0 Å². The van der Waals surface area contributed by atoms with E-state index in [1.807, 2.05) is 0 Å². The number of aromatic nitrogens is 2. The molecule has 0 aliphatic carbocycles. The number of benzene rings is 1. The van der Waals surface area contributed by atoms with Crippen LogP contribution in [0.2, 0.25) is 0 Å². The maximum absolute atomic E-state index is 12.8. The first-order valence-corrected chi connectivity index (χ1v) is 6.27. The highest BCUT2D eigenvalue weighted by Crippen LogP contribution is 2.09. The van der Waals surface area contributed by atoms with Crippen LogP contribution < -0.4 is 11.1 Å². The Kier molecular flexibility index (Phi) is 4.80. The van der Waals surface area contributed by atoms with Crippen molar-refractivity contribution in [3.63, 3.8) is 0 Å². The van der Waals surface area contributed by atoms with Crippen LogP contribution in [0.4, 0.5) is 10.3 Å². The number of halogens is 1. The molecule has 1 aromatic carbocycles. The summed E-state index contributed by atoms with van der Waals surface area (Å²) in [5.74, 6) is 0.385. The third-order valence-electron chi connectivity index (χ3n) is 2.69. The second-order valence-corrected chi connectivity index (χ2v) is 4.29. The predicted octanol–water partition coefficient (Wildman–Crippen LogP) is 1.97. The number of nitrogens with two attached hydrogens (primary N) is 1. The van der Waals surface area contributed by atoms with E-state index in [1.165, 1.54) is 12.1 Å². The number of hydrogen-bond acceptors (Lipinski definition) is 4. The summed E-state index contributed by atoms with van der Waals surface area (Å²) in [7, 11) is 0. The zero-order chi connectivity index (χ0) is 13.5. The first kappa shape index (κ1) is 13.4. The number of anilines is 1. The van der Waals surface area contributed by atoms with Crippen LogP contribution >= 0.6 is 0 Å². The minimum absolute atomic E-state index is 0.223. The van der Waals surface area contributed by atoms with Crippen LogP contribution in [0.1, 0.15) is 17.5 Å². The van der Waals surface area contributed by atoms with Crippen LogP contribution in [0.15, 0.2) is 36.7 Å². The van der Waals surface area contributed by atoms with Crippen molar-refractivity contribution in [1.82, 2.24) is 9.97 Å². The van der Waals surface area contributed by atoms with Crippen molar-refractivity contribution >= 4 is 5.95 Å². The van der Waals surface area contributed by atoms with Crippen molar-refractivity contribution in [2.45, 2.75) is 12.8 Å². The lowest BCUT2D eigenvalue weighted by molar-refractivity contribution is 0.627. The van der Waals surface area contributed by atoms with Crippen molar-refractivity contribution in [1.29, 1.82) is 0 Å². The molecule has 0 fully saturated rings. The van der Waals surface area contributed by atoms with Gasteiger partial charge in [0.05, 0.1) is 0 Å². The molecule has 5 heteroatoms. The van der Waals surface area contributed by atoms with E-state index < -0.39 is 0 Å². The van der Waals surface area contributed by atoms with Crippen LogP contribution in [0.3, 0.4) is 0 Å². The van der Waals surface area contributed by atoms with Gasteiger partial charge in [0, 0.05) is 25.4 Å². The van der Waals surface area contributed by atoms with E-state index in [0.29, 0.717) is 18.9 Å². The van der Waals surface area contributed by atoms with E-state index in [1.54, 1.807) is 24.5 Å². The van der Waals surface area contributed by atoms with Crippen LogP contribution in [0, 0.1) is 5.82 Å². The molecule has 0 aliphatic rings. The maximum Gasteiger partial charge on any atom is 0.222 e. The van der Waals surface area contributed by atoms with E-state index in [4.69, 9.17) is 5.73 Å². The minimum atomic E-state index is -0.223. The zero-order valence-electron chi connectivity index (χ0n) is 10.6. The number of nitrogens with one attached hydrogen (secondary N) is 1. The Bertz CT molecular complexity index is 496. The summed E-state index contributed by atoms with van der Waals surface area (Å²) in [5.41, 5.74) is 7.44. The van der Waals surface area contributed by atoms with E-state index >= 15 is 0 Å². The highest BCUT2D eigenvalue weighted by molar-refractivity contribution is 5.28. The minimum Gasteiger partial charge on any atom is -0.354 e. The van der Waals surface area contributed by atoms with Gasteiger partial charge in [-0.05, 0) is 36.2 Å². The largest absolute Gasteiger partial charge is 0.354 e. The van der Waals surface area contributed by atoms with Gasteiger partial charge in [0.1, 0.15) is 5.82 Å². The summed E-state index contributed by atoms with van der Waals surface area (Å²) < 4.78 is 12.8. The van der Waals surface area contributed by atoms with Gasteiger partial charge in [-0.3, -0.25) is 0 Å². The van der Waals surface area contributed by atoms with E-state index in [-0.39, 0.29) is 5.82 Å². The molecular weight excluding hydrogens is 243 g/mol. The molecule has 4 nitrogen and oxygen atoms in total. The van der Waals surface area contributed by atoms with Gasteiger partial charge in [0.2, 0.25) is 5.95 Å². The lowest BCUT2D eigenvalue weighted by Crippen LogP contribution is -2.10. The normalized spacial score (nSPS) is 10.4. The molecule has 0 radical (unpaired) electrons. The molecule has 0 saturated heterocycles. The van der Waals surface area contributed by atoms with Gasteiger partial charge in [0.25, 0.3) is 0 Å². The quantitative estimate of drug-likeness (QED) is 0.779. The van der Waals surface area contributed by atoms with Gasteiger partial charge in [-0.2, -0.15) is 0 Å². The summed E-state index contributed by atoms with van der Waals surface area (Å²) >= 11 is 0. The second-order valence-electron chi connectivity index (χ2n) is 4.29. The molecule has 0 bridgehead atoms. The third-order valence-corrected chi connectivity index (χ3v) is 2.69. The van der Waals surface area contributed by atoms with Gasteiger partial charge in [0.15, 0.2) is 0 Å². The molecule has 0 unspecified atom stereocenters. The Hall–Kier alpha value is -2.01. The zero-order valence-corrected chi connectivity index (χ0v) is 10.6. The molecule has 3 N–H and O–H groups in total. The molecule has 0 spiro atoms. The molecule has 1 aromatic heterocycles. The summed E-state index contributed by atoms with van der Waals surface area (Å²) in [6.07, 6.45) is 5.15. The van der Waals surface area contributed by atoms with Crippen molar-refractivity contribution in [2.75, 3.05) is 18.4 Å². The maximum atomic E-state index is 12.8. The lowest BCUT2D eigenvalue weighted by Gasteiger charge is -2.05. The predicted molar refractivity (Wildman–Crippen MR) is 73.4 cm³/mol. The van der Waals surface area contributed by atoms with Crippen molar-refractivity contribution in [2.24, 2.45) is 5.73 Å². The molecule has 19 heavy (non-hydrogen) atoms. The highest BCUT2D eigenvalue weighted by Gasteiger charge is 2.00. The Balaban J connectivity index is 1.92. The van der Waals surface area contributed by atoms with E-state index in [9.17, 15) is 4.39 Å². The first-order valence-electron chi connectivity index (χ1n) is 6.27. The van der Waals surface area contributed by atoms with E-state index in [0.717, 1.165) is 24.1 Å². The molecule has 2 aromatic rings. The van der Waals surface area contributed by atoms with Crippen LogP contribution in [-0.4, -0.2) is 23.1 Å². The Labute approximate surface area is 111 Å². The Morgan fingerprint density at radius 1 is 1.05 bits per heavy atom. The number of nitrogens with zero attached hydrogens (tertiary/aromatic N) is 2.